The minimum absolute atomic E-state index is 0.0493. The molecule has 0 aliphatic carbocycles. The number of rotatable bonds is 7. The molecule has 132 valence electrons. The van der Waals surface area contributed by atoms with E-state index < -0.39 is 11.6 Å². The van der Waals surface area contributed by atoms with Crippen LogP contribution in [0.4, 0.5) is 14.5 Å². The van der Waals surface area contributed by atoms with Gasteiger partial charge in [-0.1, -0.05) is 31.7 Å². The van der Waals surface area contributed by atoms with E-state index >= 15 is 0 Å². The predicted molar refractivity (Wildman–Crippen MR) is 101 cm³/mol. The van der Waals surface area contributed by atoms with E-state index in [1.807, 2.05) is 14.0 Å². The molecule has 0 bridgehead atoms. The summed E-state index contributed by atoms with van der Waals surface area (Å²) in [6.07, 6.45) is 4.24. The van der Waals surface area contributed by atoms with E-state index in [4.69, 9.17) is 0 Å². The van der Waals surface area contributed by atoms with E-state index in [1.54, 1.807) is 12.2 Å². The second kappa shape index (κ2) is 8.47. The third-order valence-corrected chi connectivity index (χ3v) is 4.11. The second-order valence-corrected chi connectivity index (χ2v) is 5.91. The molecule has 2 aromatic rings. The highest BCUT2D eigenvalue weighted by molar-refractivity contribution is 5.54. The Morgan fingerprint density at radius 1 is 1.20 bits per heavy atom. The van der Waals surface area contributed by atoms with Gasteiger partial charge in [-0.25, -0.2) is 8.78 Å². The van der Waals surface area contributed by atoms with Gasteiger partial charge in [0.1, 0.15) is 11.6 Å². The van der Waals surface area contributed by atoms with E-state index in [2.05, 4.69) is 42.3 Å². The number of allylic oxidation sites excluding steroid dienone is 1. The molecule has 0 amide bonds. The fraction of sp³-hybridized carbons (Fsp3) is 0.238. The molecule has 0 radical (unpaired) electrons. The molecule has 1 unspecified atom stereocenters. The van der Waals surface area contributed by atoms with Crippen molar-refractivity contribution in [2.24, 2.45) is 0 Å². The van der Waals surface area contributed by atoms with Gasteiger partial charge in [0.05, 0.1) is 0 Å². The Balaban J connectivity index is 2.05. The van der Waals surface area contributed by atoms with Crippen LogP contribution in [-0.4, -0.2) is 7.05 Å². The number of hydrogen-bond donors (Lipinski definition) is 2. The van der Waals surface area contributed by atoms with Gasteiger partial charge in [0.15, 0.2) is 0 Å². The number of nitrogens with one attached hydrogen (secondary N) is 2. The lowest BCUT2D eigenvalue weighted by atomic mass is 10.0. The maximum absolute atomic E-state index is 13.6. The van der Waals surface area contributed by atoms with Gasteiger partial charge >= 0.3 is 0 Å². The first kappa shape index (κ1) is 18.7. The Morgan fingerprint density at radius 3 is 2.60 bits per heavy atom. The SMILES string of the molecule is C=C(/C=C/c1ccc(F)cc1F)NC(C)c1ccc(CC)c(NC)c1. The minimum Gasteiger partial charge on any atom is -0.388 e. The fourth-order valence-electron chi connectivity index (χ4n) is 2.64. The first-order valence-electron chi connectivity index (χ1n) is 8.33. The lowest BCUT2D eigenvalue weighted by molar-refractivity contribution is 0.581. The molecule has 0 aliphatic heterocycles. The number of hydrogen-bond acceptors (Lipinski definition) is 2. The van der Waals surface area contributed by atoms with Crippen LogP contribution >= 0.6 is 0 Å². The van der Waals surface area contributed by atoms with Gasteiger partial charge in [-0.05, 0) is 48.7 Å². The molecule has 0 fully saturated rings. The molecule has 0 heterocycles. The van der Waals surface area contributed by atoms with Gasteiger partial charge in [0.25, 0.3) is 0 Å². The maximum Gasteiger partial charge on any atom is 0.133 e. The number of aryl methyl sites for hydroxylation is 1. The monoisotopic (exact) mass is 342 g/mol. The topological polar surface area (TPSA) is 24.1 Å². The zero-order valence-electron chi connectivity index (χ0n) is 14.9. The Bertz CT molecular complexity index is 781. The molecule has 0 saturated heterocycles. The fourth-order valence-corrected chi connectivity index (χ4v) is 2.64. The van der Waals surface area contributed by atoms with E-state index in [-0.39, 0.29) is 6.04 Å². The van der Waals surface area contributed by atoms with Crippen LogP contribution in [0.1, 0.15) is 36.6 Å². The number of benzene rings is 2. The van der Waals surface area contributed by atoms with Crippen molar-refractivity contribution in [1.29, 1.82) is 0 Å². The van der Waals surface area contributed by atoms with Crippen LogP contribution in [-0.2, 0) is 6.42 Å². The lowest BCUT2D eigenvalue weighted by Crippen LogP contribution is -2.16. The summed E-state index contributed by atoms with van der Waals surface area (Å²) < 4.78 is 26.6. The normalized spacial score (nSPS) is 12.2. The molecule has 0 aromatic heterocycles. The molecule has 25 heavy (non-hydrogen) atoms. The summed E-state index contributed by atoms with van der Waals surface area (Å²) in [5, 5.41) is 6.50. The van der Waals surface area contributed by atoms with Crippen LogP contribution in [0.25, 0.3) is 6.08 Å². The number of halogens is 2. The highest BCUT2D eigenvalue weighted by atomic mass is 19.1. The summed E-state index contributed by atoms with van der Waals surface area (Å²) in [6.45, 7) is 8.11. The summed E-state index contributed by atoms with van der Waals surface area (Å²) in [4.78, 5) is 0. The zero-order valence-corrected chi connectivity index (χ0v) is 14.9. The van der Waals surface area contributed by atoms with Crippen LogP contribution in [0.3, 0.4) is 0 Å². The maximum atomic E-state index is 13.6. The van der Waals surface area contributed by atoms with Crippen LogP contribution in [0.5, 0.6) is 0 Å². The lowest BCUT2D eigenvalue weighted by Gasteiger charge is -2.18. The Hall–Kier alpha value is -2.62. The Labute approximate surface area is 148 Å². The van der Waals surface area contributed by atoms with Crippen molar-refractivity contribution in [2.75, 3.05) is 12.4 Å². The van der Waals surface area contributed by atoms with E-state index in [9.17, 15) is 8.78 Å². The van der Waals surface area contributed by atoms with Crippen molar-refractivity contribution in [3.63, 3.8) is 0 Å². The van der Waals surface area contributed by atoms with Crippen molar-refractivity contribution in [2.45, 2.75) is 26.3 Å². The van der Waals surface area contributed by atoms with Crippen molar-refractivity contribution >= 4 is 11.8 Å². The molecule has 1 atom stereocenters. The Morgan fingerprint density at radius 2 is 1.96 bits per heavy atom. The van der Waals surface area contributed by atoms with E-state index in [1.165, 1.54) is 17.7 Å². The second-order valence-electron chi connectivity index (χ2n) is 5.91. The third kappa shape index (κ3) is 4.92. The highest BCUT2D eigenvalue weighted by Crippen LogP contribution is 2.23. The average molecular weight is 342 g/mol. The van der Waals surface area contributed by atoms with Gasteiger partial charge in [0.2, 0.25) is 0 Å². The van der Waals surface area contributed by atoms with E-state index in [0.717, 1.165) is 23.7 Å². The third-order valence-electron chi connectivity index (χ3n) is 4.11. The van der Waals surface area contributed by atoms with Crippen molar-refractivity contribution in [1.82, 2.24) is 5.32 Å². The molecule has 0 aliphatic rings. The van der Waals surface area contributed by atoms with Gasteiger partial charge in [0, 0.05) is 36.1 Å². The molecule has 2 N–H and O–H groups in total. The quantitative estimate of drug-likeness (QED) is 0.654. The van der Waals surface area contributed by atoms with Gasteiger partial charge in [-0.15, -0.1) is 0 Å². The summed E-state index contributed by atoms with van der Waals surface area (Å²) >= 11 is 0. The zero-order chi connectivity index (χ0) is 18.4. The molecule has 4 heteroatoms. The van der Waals surface area contributed by atoms with E-state index in [0.29, 0.717) is 11.3 Å². The molecule has 2 rings (SSSR count). The van der Waals surface area contributed by atoms with Gasteiger partial charge < -0.3 is 10.6 Å². The van der Waals surface area contributed by atoms with Crippen molar-refractivity contribution < 1.29 is 8.78 Å². The minimum atomic E-state index is -0.592. The molecular weight excluding hydrogens is 318 g/mol. The van der Waals surface area contributed by atoms with Crippen molar-refractivity contribution in [3.8, 4) is 0 Å². The van der Waals surface area contributed by atoms with Crippen LogP contribution in [0.2, 0.25) is 0 Å². The van der Waals surface area contributed by atoms with Crippen LogP contribution in [0, 0.1) is 11.6 Å². The molecule has 2 aromatic carbocycles. The predicted octanol–water partition coefficient (Wildman–Crippen LogP) is 5.45. The van der Waals surface area contributed by atoms with Crippen LogP contribution in [0.15, 0.2) is 54.8 Å². The average Bonchev–Trinajstić information content (AvgIpc) is 2.60. The number of anilines is 1. The largest absolute Gasteiger partial charge is 0.388 e. The van der Waals surface area contributed by atoms with Crippen molar-refractivity contribution in [3.05, 3.63) is 83.1 Å². The standard InChI is InChI=1S/C21H24F2N2/c1-5-16-8-9-18(12-21(16)24-4)15(3)25-14(2)6-7-17-10-11-19(22)13-20(17)23/h6-13,15,24-25H,2,5H2,1,3-4H3/b7-6+. The van der Waals surface area contributed by atoms with Gasteiger partial charge in [-0.3, -0.25) is 0 Å². The first-order chi connectivity index (χ1) is 11.9. The summed E-state index contributed by atoms with van der Waals surface area (Å²) in [7, 11) is 1.91. The summed E-state index contributed by atoms with van der Waals surface area (Å²) in [5.74, 6) is -1.18. The Kier molecular flexibility index (Phi) is 6.34. The van der Waals surface area contributed by atoms with Crippen LogP contribution < -0.4 is 10.6 Å². The molecule has 2 nitrogen and oxygen atoms in total. The first-order valence-corrected chi connectivity index (χ1v) is 8.33. The summed E-state index contributed by atoms with van der Waals surface area (Å²) in [5.41, 5.74) is 4.49. The highest BCUT2D eigenvalue weighted by Gasteiger charge is 2.08. The molecule has 0 spiro atoms. The molecule has 0 saturated carbocycles. The van der Waals surface area contributed by atoms with Gasteiger partial charge in [-0.2, -0.15) is 0 Å². The molecular formula is C21H24F2N2. The smallest absolute Gasteiger partial charge is 0.133 e. The summed E-state index contributed by atoms with van der Waals surface area (Å²) in [6, 6.07) is 9.88.